The number of benzene rings is 2. The van der Waals surface area contributed by atoms with Crippen LogP contribution in [0.5, 0.6) is 0 Å². The van der Waals surface area contributed by atoms with Crippen molar-refractivity contribution in [3.63, 3.8) is 0 Å². The van der Waals surface area contributed by atoms with Gasteiger partial charge in [0.2, 0.25) is 5.91 Å². The molecule has 3 aromatic rings. The lowest BCUT2D eigenvalue weighted by molar-refractivity contribution is -0.127. The molecule has 1 saturated heterocycles. The van der Waals surface area contributed by atoms with E-state index in [0.29, 0.717) is 30.0 Å². The van der Waals surface area contributed by atoms with E-state index in [9.17, 15) is 9.59 Å². The first kappa shape index (κ1) is 20.9. The molecule has 2 heterocycles. The zero-order valence-corrected chi connectivity index (χ0v) is 18.9. The number of nitrogens with zero attached hydrogens (tertiary/aromatic N) is 2. The van der Waals surface area contributed by atoms with Crippen molar-refractivity contribution >= 4 is 44.7 Å². The van der Waals surface area contributed by atoms with Crippen LogP contribution in [0.15, 0.2) is 47.8 Å². The third kappa shape index (κ3) is 4.48. The quantitative estimate of drug-likeness (QED) is 0.579. The second-order valence-electron chi connectivity index (χ2n) is 8.75. The van der Waals surface area contributed by atoms with Crippen LogP contribution in [0, 0.1) is 5.92 Å². The molecule has 0 bridgehead atoms. The average molecular weight is 449 g/mol. The highest BCUT2D eigenvalue weighted by Crippen LogP contribution is 2.29. The van der Waals surface area contributed by atoms with Crippen molar-refractivity contribution in [3.05, 3.63) is 53.5 Å². The summed E-state index contributed by atoms with van der Waals surface area (Å²) in [6.45, 7) is 1.20. The fourth-order valence-electron chi connectivity index (χ4n) is 4.77. The van der Waals surface area contributed by atoms with Crippen LogP contribution in [-0.2, 0) is 4.79 Å². The van der Waals surface area contributed by atoms with Gasteiger partial charge in [-0.1, -0.05) is 49.2 Å². The van der Waals surface area contributed by atoms with E-state index in [4.69, 9.17) is 0 Å². The molecule has 1 aromatic heterocycles. The second kappa shape index (κ2) is 9.28. The number of hydrogen-bond donors (Lipinski definition) is 2. The molecule has 166 valence electrons. The first-order valence-electron chi connectivity index (χ1n) is 11.5. The summed E-state index contributed by atoms with van der Waals surface area (Å²) in [4.78, 5) is 31.9. The predicted octanol–water partition coefficient (Wildman–Crippen LogP) is 4.95. The van der Waals surface area contributed by atoms with Gasteiger partial charge < -0.3 is 15.5 Å². The number of thiazole rings is 1. The molecule has 0 atom stereocenters. The number of amides is 2. The number of likely N-dealkylation sites (tertiary alicyclic amines) is 1. The summed E-state index contributed by atoms with van der Waals surface area (Å²) in [5.41, 5.74) is 1.44. The maximum atomic E-state index is 13.0. The number of hydrogen-bond acceptors (Lipinski definition) is 5. The van der Waals surface area contributed by atoms with Gasteiger partial charge in [-0.15, -0.1) is 11.3 Å². The molecule has 1 aliphatic carbocycles. The molecule has 0 spiro atoms. The Labute approximate surface area is 192 Å². The van der Waals surface area contributed by atoms with Crippen molar-refractivity contribution in [2.24, 2.45) is 5.92 Å². The Bertz CT molecular complexity index is 1110. The van der Waals surface area contributed by atoms with Gasteiger partial charge in [0.05, 0.1) is 0 Å². The summed E-state index contributed by atoms with van der Waals surface area (Å²) in [6.07, 6.45) is 6.06. The summed E-state index contributed by atoms with van der Waals surface area (Å²) in [7, 11) is 0. The number of rotatable bonds is 5. The molecule has 0 unspecified atom stereocenters. The number of piperidine rings is 1. The Kier molecular flexibility index (Phi) is 6.08. The normalized spacial score (nSPS) is 17.6. The van der Waals surface area contributed by atoms with Gasteiger partial charge in [0.25, 0.3) is 5.91 Å². The van der Waals surface area contributed by atoms with Gasteiger partial charge in [0, 0.05) is 41.5 Å². The Hall–Kier alpha value is -2.93. The van der Waals surface area contributed by atoms with E-state index in [-0.39, 0.29) is 17.7 Å². The van der Waals surface area contributed by atoms with E-state index in [0.717, 1.165) is 42.1 Å². The summed E-state index contributed by atoms with van der Waals surface area (Å²) in [5, 5.41) is 11.4. The second-order valence-corrected chi connectivity index (χ2v) is 9.60. The van der Waals surface area contributed by atoms with Gasteiger partial charge in [-0.3, -0.25) is 9.59 Å². The third-order valence-electron chi connectivity index (χ3n) is 6.61. The smallest absolute Gasteiger partial charge is 0.273 e. The number of anilines is 2. The molecule has 2 aromatic carbocycles. The number of carbonyl (C=O) groups excluding carboxylic acids is 2. The third-order valence-corrected chi connectivity index (χ3v) is 7.37. The largest absolute Gasteiger partial charge is 0.353 e. The van der Waals surface area contributed by atoms with Crippen LogP contribution in [0.1, 0.15) is 49.0 Å². The highest BCUT2D eigenvalue weighted by molar-refractivity contribution is 7.14. The Morgan fingerprint density at radius 3 is 2.53 bits per heavy atom. The standard InChI is InChI=1S/C25H28N4O2S/c30-23(26-19-8-2-3-9-19)18-12-14-29(15-13-18)24(31)22-16-32-25(28-22)27-21-11-5-7-17-6-1-4-10-20(17)21/h1,4-7,10-11,16,18-19H,2-3,8-9,12-15H2,(H,26,30)(H,27,28). The van der Waals surface area contributed by atoms with Gasteiger partial charge in [-0.2, -0.15) is 0 Å². The van der Waals surface area contributed by atoms with E-state index in [1.807, 2.05) is 34.5 Å². The fourth-order valence-corrected chi connectivity index (χ4v) is 5.47. The molecule has 2 N–H and O–H groups in total. The molecule has 2 aliphatic rings. The van der Waals surface area contributed by atoms with E-state index in [2.05, 4.69) is 33.8 Å². The topological polar surface area (TPSA) is 74.3 Å². The van der Waals surface area contributed by atoms with Crippen molar-refractivity contribution in [1.29, 1.82) is 0 Å². The van der Waals surface area contributed by atoms with Crippen molar-refractivity contribution < 1.29 is 9.59 Å². The van der Waals surface area contributed by atoms with Crippen LogP contribution < -0.4 is 10.6 Å². The van der Waals surface area contributed by atoms with Crippen LogP contribution in [0.4, 0.5) is 10.8 Å². The Balaban J connectivity index is 1.18. The Morgan fingerprint density at radius 2 is 1.72 bits per heavy atom. The Morgan fingerprint density at radius 1 is 0.969 bits per heavy atom. The molecule has 6 nitrogen and oxygen atoms in total. The zero-order valence-electron chi connectivity index (χ0n) is 18.0. The van der Waals surface area contributed by atoms with Crippen LogP contribution >= 0.6 is 11.3 Å². The van der Waals surface area contributed by atoms with Crippen LogP contribution in [0.2, 0.25) is 0 Å². The summed E-state index contributed by atoms with van der Waals surface area (Å²) < 4.78 is 0. The number of carbonyl (C=O) groups is 2. The highest BCUT2D eigenvalue weighted by Gasteiger charge is 2.30. The lowest BCUT2D eigenvalue weighted by Gasteiger charge is -2.31. The van der Waals surface area contributed by atoms with Gasteiger partial charge >= 0.3 is 0 Å². The molecule has 0 radical (unpaired) electrons. The van der Waals surface area contributed by atoms with Gasteiger partial charge in [-0.25, -0.2) is 4.98 Å². The highest BCUT2D eigenvalue weighted by atomic mass is 32.1. The lowest BCUT2D eigenvalue weighted by Crippen LogP contribution is -2.45. The van der Waals surface area contributed by atoms with Crippen molar-refractivity contribution in [2.75, 3.05) is 18.4 Å². The molecule has 32 heavy (non-hydrogen) atoms. The summed E-state index contributed by atoms with van der Waals surface area (Å²) >= 11 is 1.43. The maximum absolute atomic E-state index is 13.0. The fraction of sp³-hybridized carbons (Fsp3) is 0.400. The van der Waals surface area contributed by atoms with Gasteiger partial charge in [0.1, 0.15) is 5.69 Å². The molecule has 7 heteroatoms. The average Bonchev–Trinajstić information content (AvgIpc) is 3.51. The first-order chi connectivity index (χ1) is 15.7. The SMILES string of the molecule is O=C(NC1CCCC1)C1CCN(C(=O)c2csc(Nc3cccc4ccccc34)n2)CC1. The minimum absolute atomic E-state index is 0.0127. The van der Waals surface area contributed by atoms with E-state index in [1.165, 1.54) is 24.2 Å². The molecule has 1 aliphatic heterocycles. The van der Waals surface area contributed by atoms with Crippen molar-refractivity contribution in [1.82, 2.24) is 15.2 Å². The van der Waals surface area contributed by atoms with E-state index >= 15 is 0 Å². The van der Waals surface area contributed by atoms with Crippen LogP contribution in [-0.4, -0.2) is 40.8 Å². The van der Waals surface area contributed by atoms with Gasteiger partial charge in [-0.05, 0) is 37.1 Å². The molecule has 1 saturated carbocycles. The molecular formula is C25H28N4O2S. The number of nitrogens with one attached hydrogen (secondary N) is 2. The lowest BCUT2D eigenvalue weighted by atomic mass is 9.95. The maximum Gasteiger partial charge on any atom is 0.273 e. The molecule has 2 fully saturated rings. The van der Waals surface area contributed by atoms with Crippen molar-refractivity contribution in [3.8, 4) is 0 Å². The first-order valence-corrected chi connectivity index (χ1v) is 12.4. The number of fused-ring (bicyclic) bond motifs is 1. The predicted molar refractivity (Wildman–Crippen MR) is 128 cm³/mol. The minimum atomic E-state index is -0.0538. The monoisotopic (exact) mass is 448 g/mol. The minimum Gasteiger partial charge on any atom is -0.353 e. The summed E-state index contributed by atoms with van der Waals surface area (Å²) in [6, 6.07) is 14.7. The molecule has 2 amide bonds. The van der Waals surface area contributed by atoms with Crippen molar-refractivity contribution in [2.45, 2.75) is 44.6 Å². The van der Waals surface area contributed by atoms with Crippen LogP contribution in [0.25, 0.3) is 10.8 Å². The van der Waals surface area contributed by atoms with E-state index in [1.54, 1.807) is 0 Å². The molecular weight excluding hydrogens is 420 g/mol. The molecule has 5 rings (SSSR count). The van der Waals surface area contributed by atoms with E-state index < -0.39 is 0 Å². The van der Waals surface area contributed by atoms with Gasteiger partial charge in [0.15, 0.2) is 5.13 Å². The zero-order chi connectivity index (χ0) is 21.9. The van der Waals surface area contributed by atoms with Crippen LogP contribution in [0.3, 0.4) is 0 Å². The summed E-state index contributed by atoms with van der Waals surface area (Å²) in [5.74, 6) is 0.125. The number of aromatic nitrogens is 1.